The molecule has 21 heavy (non-hydrogen) atoms. The molecule has 2 atom stereocenters. The van der Waals surface area contributed by atoms with E-state index in [4.69, 9.17) is 0 Å². The fraction of sp³-hybridized carbons (Fsp3) is 0.600. The van der Waals surface area contributed by atoms with E-state index in [1.165, 1.54) is 16.7 Å². The second-order valence-corrected chi connectivity index (χ2v) is 6.92. The van der Waals surface area contributed by atoms with E-state index in [-0.39, 0.29) is 0 Å². The summed E-state index contributed by atoms with van der Waals surface area (Å²) in [6.45, 7) is 12.5. The Balaban J connectivity index is 2.87. The highest BCUT2D eigenvalue weighted by atomic mass is 16.3. The van der Waals surface area contributed by atoms with Crippen LogP contribution in [0.3, 0.4) is 0 Å². The Morgan fingerprint density at radius 1 is 1.29 bits per heavy atom. The Hall–Kier alpha value is -1.08. The summed E-state index contributed by atoms with van der Waals surface area (Å²) in [6, 6.07) is 0. The third kappa shape index (κ3) is 7.47. The average molecular weight is 288 g/mol. The quantitative estimate of drug-likeness (QED) is 0.611. The van der Waals surface area contributed by atoms with Gasteiger partial charge in [-0.3, -0.25) is 0 Å². The van der Waals surface area contributed by atoms with Crippen LogP contribution in [0, 0.1) is 5.92 Å². The molecular weight excluding hydrogens is 256 g/mol. The molecule has 1 aliphatic carbocycles. The second kappa shape index (κ2) is 8.38. The lowest BCUT2D eigenvalue weighted by atomic mass is 9.86. The minimum atomic E-state index is -0.711. The molecule has 0 aliphatic heterocycles. The largest absolute Gasteiger partial charge is 0.386 e. The number of hydrogen-bond acceptors (Lipinski definition) is 1. The topological polar surface area (TPSA) is 20.2 Å². The molecule has 0 aromatic heterocycles. The molecular formula is C20H32O. The molecule has 0 saturated heterocycles. The van der Waals surface area contributed by atoms with Gasteiger partial charge in [0.05, 0.1) is 5.60 Å². The summed E-state index contributed by atoms with van der Waals surface area (Å²) >= 11 is 0. The normalized spacial score (nSPS) is 29.3. The van der Waals surface area contributed by atoms with E-state index in [2.05, 4.69) is 45.6 Å². The summed E-state index contributed by atoms with van der Waals surface area (Å²) in [6.07, 6.45) is 14.8. The Bertz CT molecular complexity index is 435. The van der Waals surface area contributed by atoms with E-state index < -0.39 is 5.60 Å². The minimum absolute atomic E-state index is 0.472. The fourth-order valence-electron chi connectivity index (χ4n) is 2.69. The molecule has 0 aromatic carbocycles. The van der Waals surface area contributed by atoms with Crippen LogP contribution >= 0.6 is 0 Å². The van der Waals surface area contributed by atoms with Crippen LogP contribution in [-0.2, 0) is 0 Å². The zero-order valence-electron chi connectivity index (χ0n) is 14.3. The van der Waals surface area contributed by atoms with E-state index in [9.17, 15) is 5.11 Å². The molecule has 0 unspecified atom stereocenters. The maximum Gasteiger partial charge on any atom is 0.0800 e. The molecule has 0 aromatic rings. The van der Waals surface area contributed by atoms with Crippen molar-refractivity contribution in [3.63, 3.8) is 0 Å². The summed E-state index contributed by atoms with van der Waals surface area (Å²) in [7, 11) is 0. The fourth-order valence-corrected chi connectivity index (χ4v) is 2.69. The highest BCUT2D eigenvalue weighted by Crippen LogP contribution is 2.26. The molecule has 0 heterocycles. The highest BCUT2D eigenvalue weighted by Gasteiger charge is 2.19. The maximum atomic E-state index is 10.5. The molecule has 1 rings (SSSR count). The van der Waals surface area contributed by atoms with Crippen LogP contribution in [0.4, 0.5) is 0 Å². The number of hydrogen-bond donors (Lipinski definition) is 1. The molecule has 118 valence electrons. The first-order valence-corrected chi connectivity index (χ1v) is 8.17. The van der Waals surface area contributed by atoms with Gasteiger partial charge in [0.15, 0.2) is 0 Å². The van der Waals surface area contributed by atoms with Gasteiger partial charge in [-0.2, -0.15) is 0 Å². The Morgan fingerprint density at radius 3 is 2.67 bits per heavy atom. The van der Waals surface area contributed by atoms with Gasteiger partial charge in [-0.05, 0) is 72.1 Å². The van der Waals surface area contributed by atoms with Gasteiger partial charge in [0, 0.05) is 0 Å². The monoisotopic (exact) mass is 288 g/mol. The molecule has 0 bridgehead atoms. The summed E-state index contributed by atoms with van der Waals surface area (Å²) in [4.78, 5) is 0. The van der Waals surface area contributed by atoms with E-state index in [1.54, 1.807) is 0 Å². The Labute approximate surface area is 131 Å². The van der Waals surface area contributed by atoms with Crippen molar-refractivity contribution in [3.05, 3.63) is 47.6 Å². The average Bonchev–Trinajstić information content (AvgIpc) is 2.37. The first kappa shape index (κ1) is 18.0. The van der Waals surface area contributed by atoms with Crippen molar-refractivity contribution in [2.45, 2.75) is 71.8 Å². The predicted octanol–water partition coefficient (Wildman–Crippen LogP) is 5.73. The smallest absolute Gasteiger partial charge is 0.0800 e. The molecule has 0 amide bonds. The molecule has 1 aliphatic rings. The third-order valence-corrected chi connectivity index (χ3v) is 4.39. The highest BCUT2D eigenvalue weighted by molar-refractivity contribution is 5.11. The molecule has 0 fully saturated rings. The van der Waals surface area contributed by atoms with Gasteiger partial charge in [0.2, 0.25) is 0 Å². The van der Waals surface area contributed by atoms with Crippen LogP contribution < -0.4 is 0 Å². The Morgan fingerprint density at radius 2 is 2.00 bits per heavy atom. The van der Waals surface area contributed by atoms with Gasteiger partial charge in [0.1, 0.15) is 0 Å². The summed E-state index contributed by atoms with van der Waals surface area (Å²) < 4.78 is 0. The van der Waals surface area contributed by atoms with Crippen molar-refractivity contribution in [2.24, 2.45) is 5.92 Å². The third-order valence-electron chi connectivity index (χ3n) is 4.39. The van der Waals surface area contributed by atoms with Gasteiger partial charge in [0.25, 0.3) is 0 Å². The first-order valence-electron chi connectivity index (χ1n) is 8.17. The minimum Gasteiger partial charge on any atom is -0.386 e. The number of allylic oxidation sites excluding steroid dienone is 6. The van der Waals surface area contributed by atoms with Crippen molar-refractivity contribution >= 4 is 0 Å². The summed E-state index contributed by atoms with van der Waals surface area (Å²) in [5.41, 5.74) is 3.36. The molecule has 0 spiro atoms. The van der Waals surface area contributed by atoms with Crippen LogP contribution in [0.2, 0.25) is 0 Å². The van der Waals surface area contributed by atoms with Crippen molar-refractivity contribution in [1.82, 2.24) is 0 Å². The second-order valence-electron chi connectivity index (χ2n) is 6.92. The zero-order chi connectivity index (χ0) is 15.9. The first-order chi connectivity index (χ1) is 9.80. The van der Waals surface area contributed by atoms with Crippen LogP contribution in [0.5, 0.6) is 0 Å². The van der Waals surface area contributed by atoms with Gasteiger partial charge in [-0.25, -0.2) is 0 Å². The SMILES string of the molecule is C=C(C)[C@@H]1CC=C(C)CCC=C(C)CC=C[C@@](C)(O)CC1. The standard InChI is InChI=1S/C20H32O/c1-16(2)19-12-11-18(4)9-6-8-17(3)10-7-14-20(5,21)15-13-19/h7-8,11,14,19,21H,1,6,9-10,12-13,15H2,2-5H3/t19-,20-/m1/s1. The summed E-state index contributed by atoms with van der Waals surface area (Å²) in [5, 5.41) is 10.5. The molecule has 0 radical (unpaired) electrons. The van der Waals surface area contributed by atoms with Gasteiger partial charge in [-0.15, -0.1) is 0 Å². The molecule has 1 N–H and O–H groups in total. The van der Waals surface area contributed by atoms with Gasteiger partial charge in [-0.1, -0.05) is 47.6 Å². The zero-order valence-corrected chi connectivity index (χ0v) is 14.3. The summed E-state index contributed by atoms with van der Waals surface area (Å²) in [5.74, 6) is 0.472. The van der Waals surface area contributed by atoms with Gasteiger partial charge < -0.3 is 5.11 Å². The van der Waals surface area contributed by atoms with Crippen LogP contribution in [0.25, 0.3) is 0 Å². The van der Waals surface area contributed by atoms with E-state index in [0.717, 1.165) is 38.5 Å². The van der Waals surface area contributed by atoms with Crippen LogP contribution in [-0.4, -0.2) is 10.7 Å². The van der Waals surface area contributed by atoms with Gasteiger partial charge >= 0.3 is 0 Å². The molecule has 1 nitrogen and oxygen atoms in total. The predicted molar refractivity (Wildman–Crippen MR) is 93.3 cm³/mol. The van der Waals surface area contributed by atoms with E-state index in [0.29, 0.717) is 5.92 Å². The number of aliphatic hydroxyl groups is 1. The number of rotatable bonds is 1. The van der Waals surface area contributed by atoms with Crippen molar-refractivity contribution in [1.29, 1.82) is 0 Å². The van der Waals surface area contributed by atoms with Crippen LogP contribution in [0.15, 0.2) is 47.6 Å². The molecule has 0 saturated carbocycles. The van der Waals surface area contributed by atoms with E-state index in [1.807, 2.05) is 13.0 Å². The molecule has 1 heteroatoms. The lowest BCUT2D eigenvalue weighted by Gasteiger charge is -2.23. The van der Waals surface area contributed by atoms with Crippen molar-refractivity contribution in [2.75, 3.05) is 0 Å². The lowest BCUT2D eigenvalue weighted by molar-refractivity contribution is 0.0950. The lowest BCUT2D eigenvalue weighted by Crippen LogP contribution is -2.22. The maximum absolute atomic E-state index is 10.5. The van der Waals surface area contributed by atoms with Crippen molar-refractivity contribution in [3.8, 4) is 0 Å². The Kier molecular flexibility index (Phi) is 7.17. The van der Waals surface area contributed by atoms with Crippen molar-refractivity contribution < 1.29 is 5.11 Å². The van der Waals surface area contributed by atoms with E-state index >= 15 is 0 Å². The van der Waals surface area contributed by atoms with Crippen LogP contribution in [0.1, 0.15) is 66.2 Å².